The quantitative estimate of drug-likeness (QED) is 0.647. The average molecular weight is 406 g/mol. The van der Waals surface area contributed by atoms with Crippen molar-refractivity contribution in [2.24, 2.45) is 5.73 Å². The maximum absolute atomic E-state index is 12.3. The number of amides is 2. The minimum atomic E-state index is -0.518. The van der Waals surface area contributed by atoms with Gasteiger partial charge in [-0.25, -0.2) is 0 Å². The van der Waals surface area contributed by atoms with Gasteiger partial charge in [0.05, 0.1) is 29.9 Å². The Morgan fingerprint density at radius 1 is 1.23 bits per heavy atom. The van der Waals surface area contributed by atoms with E-state index in [0.29, 0.717) is 30.0 Å². The Kier molecular flexibility index (Phi) is 5.22. The molecule has 1 aromatic carbocycles. The lowest BCUT2D eigenvalue weighted by atomic mass is 10.0. The van der Waals surface area contributed by atoms with Gasteiger partial charge < -0.3 is 20.3 Å². The minimum absolute atomic E-state index is 0.104. The highest BCUT2D eigenvalue weighted by molar-refractivity contribution is 5.92. The van der Waals surface area contributed by atoms with E-state index in [9.17, 15) is 9.59 Å². The molecule has 8 heteroatoms. The molecule has 2 aromatic heterocycles. The van der Waals surface area contributed by atoms with Crippen molar-refractivity contribution >= 4 is 11.8 Å². The van der Waals surface area contributed by atoms with Gasteiger partial charge >= 0.3 is 0 Å². The van der Waals surface area contributed by atoms with Crippen molar-refractivity contribution in [2.75, 3.05) is 6.54 Å². The molecule has 0 saturated heterocycles. The van der Waals surface area contributed by atoms with Crippen LogP contribution in [0.3, 0.4) is 0 Å². The Morgan fingerprint density at radius 3 is 2.73 bits per heavy atom. The highest BCUT2D eigenvalue weighted by atomic mass is 16.5. The van der Waals surface area contributed by atoms with Gasteiger partial charge in [-0.3, -0.25) is 14.6 Å². The SMILES string of the molecule is Cc1noc(C)c1CC(=O)NCC1Cc2cccc(-c3ccc(C(N)=O)cn3)c2O1. The van der Waals surface area contributed by atoms with Crippen LogP contribution in [0.1, 0.15) is 32.9 Å². The van der Waals surface area contributed by atoms with Crippen molar-refractivity contribution in [2.45, 2.75) is 32.8 Å². The van der Waals surface area contributed by atoms with Gasteiger partial charge in [0.25, 0.3) is 0 Å². The molecule has 1 atom stereocenters. The summed E-state index contributed by atoms with van der Waals surface area (Å²) >= 11 is 0. The van der Waals surface area contributed by atoms with Gasteiger partial charge in [-0.05, 0) is 37.6 Å². The van der Waals surface area contributed by atoms with Crippen LogP contribution in [-0.2, 0) is 17.6 Å². The molecule has 0 bridgehead atoms. The van der Waals surface area contributed by atoms with Gasteiger partial charge in [-0.1, -0.05) is 17.3 Å². The van der Waals surface area contributed by atoms with Crippen LogP contribution < -0.4 is 15.8 Å². The summed E-state index contributed by atoms with van der Waals surface area (Å²) in [6, 6.07) is 9.26. The van der Waals surface area contributed by atoms with Crippen LogP contribution in [0.15, 0.2) is 41.1 Å². The summed E-state index contributed by atoms with van der Waals surface area (Å²) in [7, 11) is 0. The predicted molar refractivity (Wildman–Crippen MR) is 109 cm³/mol. The van der Waals surface area contributed by atoms with Crippen LogP contribution >= 0.6 is 0 Å². The summed E-state index contributed by atoms with van der Waals surface area (Å²) in [4.78, 5) is 27.9. The maximum atomic E-state index is 12.3. The molecule has 0 spiro atoms. The molecule has 30 heavy (non-hydrogen) atoms. The van der Waals surface area contributed by atoms with Crippen LogP contribution in [0.2, 0.25) is 0 Å². The Morgan fingerprint density at radius 2 is 2.07 bits per heavy atom. The molecule has 3 N–H and O–H groups in total. The smallest absolute Gasteiger partial charge is 0.250 e. The molecule has 1 aliphatic rings. The number of nitrogens with two attached hydrogens (primary N) is 1. The van der Waals surface area contributed by atoms with Gasteiger partial charge in [0.15, 0.2) is 0 Å². The molecule has 0 fully saturated rings. The number of pyridine rings is 1. The summed E-state index contributed by atoms with van der Waals surface area (Å²) in [6.07, 6.45) is 2.20. The van der Waals surface area contributed by atoms with E-state index in [-0.39, 0.29) is 18.4 Å². The summed E-state index contributed by atoms with van der Waals surface area (Å²) in [5.41, 5.74) is 9.77. The van der Waals surface area contributed by atoms with Crippen LogP contribution in [0.5, 0.6) is 5.75 Å². The first-order chi connectivity index (χ1) is 14.4. The minimum Gasteiger partial charge on any atom is -0.487 e. The van der Waals surface area contributed by atoms with Crippen molar-refractivity contribution in [1.82, 2.24) is 15.5 Å². The average Bonchev–Trinajstić information content (AvgIpc) is 3.30. The van der Waals surface area contributed by atoms with Gasteiger partial charge in [0, 0.05) is 23.7 Å². The van der Waals surface area contributed by atoms with Crippen molar-refractivity contribution in [1.29, 1.82) is 0 Å². The molecule has 3 aromatic rings. The summed E-state index contributed by atoms with van der Waals surface area (Å²) < 4.78 is 11.2. The number of ether oxygens (including phenoxy) is 1. The van der Waals surface area contributed by atoms with E-state index in [4.69, 9.17) is 15.0 Å². The monoisotopic (exact) mass is 406 g/mol. The third kappa shape index (κ3) is 3.89. The van der Waals surface area contributed by atoms with E-state index in [2.05, 4.69) is 15.5 Å². The van der Waals surface area contributed by atoms with Crippen LogP contribution in [0, 0.1) is 13.8 Å². The van der Waals surface area contributed by atoms with E-state index in [1.165, 1.54) is 6.20 Å². The van der Waals surface area contributed by atoms with Gasteiger partial charge in [0.1, 0.15) is 17.6 Å². The number of nitrogens with zero attached hydrogens (tertiary/aromatic N) is 2. The maximum Gasteiger partial charge on any atom is 0.250 e. The van der Waals surface area contributed by atoms with Gasteiger partial charge in [-0.15, -0.1) is 0 Å². The van der Waals surface area contributed by atoms with Crippen molar-refractivity contribution in [3.8, 4) is 17.0 Å². The third-order valence-corrected chi connectivity index (χ3v) is 5.20. The Labute approximate surface area is 173 Å². The Bertz CT molecular complexity index is 1090. The zero-order valence-corrected chi connectivity index (χ0v) is 16.8. The normalized spacial score (nSPS) is 14.8. The Hall–Kier alpha value is -3.68. The summed E-state index contributed by atoms with van der Waals surface area (Å²) in [6.45, 7) is 4.01. The molecule has 0 aliphatic carbocycles. The van der Waals surface area contributed by atoms with Crippen LogP contribution in [0.4, 0.5) is 0 Å². The van der Waals surface area contributed by atoms with Gasteiger partial charge in [-0.2, -0.15) is 0 Å². The molecule has 0 saturated carbocycles. The third-order valence-electron chi connectivity index (χ3n) is 5.20. The molecule has 1 aliphatic heterocycles. The summed E-state index contributed by atoms with van der Waals surface area (Å²) in [5, 5.41) is 6.81. The van der Waals surface area contributed by atoms with E-state index >= 15 is 0 Å². The number of carbonyl (C=O) groups excluding carboxylic acids is 2. The number of rotatable bonds is 6. The fourth-order valence-electron chi connectivity index (χ4n) is 3.56. The Balaban J connectivity index is 1.42. The molecule has 0 radical (unpaired) electrons. The molecule has 3 heterocycles. The van der Waals surface area contributed by atoms with Gasteiger partial charge in [0.2, 0.25) is 11.8 Å². The van der Waals surface area contributed by atoms with E-state index in [0.717, 1.165) is 28.1 Å². The number of hydrogen-bond acceptors (Lipinski definition) is 6. The number of primary amides is 1. The highest BCUT2D eigenvalue weighted by Gasteiger charge is 2.26. The molecular formula is C22H22N4O4. The number of para-hydroxylation sites is 1. The van der Waals surface area contributed by atoms with Crippen molar-refractivity contribution < 1.29 is 18.8 Å². The zero-order valence-electron chi connectivity index (χ0n) is 16.8. The van der Waals surface area contributed by atoms with E-state index < -0.39 is 5.91 Å². The van der Waals surface area contributed by atoms with Crippen molar-refractivity contribution in [3.63, 3.8) is 0 Å². The highest BCUT2D eigenvalue weighted by Crippen LogP contribution is 2.37. The predicted octanol–water partition coefficient (Wildman–Crippen LogP) is 2.11. The fourth-order valence-corrected chi connectivity index (χ4v) is 3.56. The largest absolute Gasteiger partial charge is 0.487 e. The van der Waals surface area contributed by atoms with Crippen molar-refractivity contribution in [3.05, 3.63) is 64.7 Å². The topological polar surface area (TPSA) is 120 Å². The van der Waals surface area contributed by atoms with Crippen LogP contribution in [0.25, 0.3) is 11.3 Å². The van der Waals surface area contributed by atoms with E-state index in [1.54, 1.807) is 19.1 Å². The second-order valence-corrected chi connectivity index (χ2v) is 7.32. The standard InChI is InChI=1S/C22H22N4O4/c1-12-18(13(2)30-26-12)9-20(27)25-11-16-8-14-4-3-5-17(21(14)29-16)19-7-6-15(10-24-19)22(23)28/h3-7,10,16H,8-9,11H2,1-2H3,(H2,23,28)(H,25,27). The fraction of sp³-hybridized carbons (Fsp3) is 0.273. The molecule has 8 nitrogen and oxygen atoms in total. The number of fused-ring (bicyclic) bond motifs is 1. The lowest BCUT2D eigenvalue weighted by Crippen LogP contribution is -2.35. The van der Waals surface area contributed by atoms with E-state index in [1.807, 2.05) is 25.1 Å². The molecule has 2 amide bonds. The lowest BCUT2D eigenvalue weighted by molar-refractivity contribution is -0.120. The number of hydrogen-bond donors (Lipinski definition) is 2. The molecule has 154 valence electrons. The lowest BCUT2D eigenvalue weighted by Gasteiger charge is -2.13. The second-order valence-electron chi connectivity index (χ2n) is 7.32. The first kappa shape index (κ1) is 19.6. The summed E-state index contributed by atoms with van der Waals surface area (Å²) in [5.74, 6) is 0.789. The number of nitrogens with one attached hydrogen (secondary N) is 1. The number of aryl methyl sites for hydroxylation is 2. The first-order valence-corrected chi connectivity index (χ1v) is 9.65. The first-order valence-electron chi connectivity index (χ1n) is 9.65. The number of benzene rings is 1. The number of carbonyl (C=O) groups is 2. The second kappa shape index (κ2) is 7.98. The number of aromatic nitrogens is 2. The molecule has 1 unspecified atom stereocenters. The molecule has 4 rings (SSSR count). The zero-order chi connectivity index (χ0) is 21.3. The molecular weight excluding hydrogens is 384 g/mol. The van der Waals surface area contributed by atoms with Crippen LogP contribution in [-0.4, -0.2) is 34.6 Å².